The molecule has 0 atom stereocenters. The van der Waals surface area contributed by atoms with Crippen LogP contribution in [-0.2, 0) is 4.79 Å². The number of hydrogen-bond donors (Lipinski definition) is 1. The summed E-state index contributed by atoms with van der Waals surface area (Å²) in [6.45, 7) is 0. The van der Waals surface area contributed by atoms with Crippen LogP contribution in [0.4, 0.5) is 0 Å². The van der Waals surface area contributed by atoms with Gasteiger partial charge in [0.25, 0.3) is 5.91 Å². The topological polar surface area (TPSA) is 55.4 Å². The fourth-order valence-electron chi connectivity index (χ4n) is 1.94. The van der Waals surface area contributed by atoms with Crippen LogP contribution in [-0.4, -0.2) is 16.2 Å². The first-order chi connectivity index (χ1) is 11.1. The molecule has 2 aromatic carbocycles. The van der Waals surface area contributed by atoms with Crippen LogP contribution in [0.1, 0.15) is 15.9 Å². The maximum atomic E-state index is 12.0. The number of ether oxygens (including phenoxy) is 1. The Kier molecular flexibility index (Phi) is 4.55. The van der Waals surface area contributed by atoms with E-state index in [-0.39, 0.29) is 5.91 Å². The first kappa shape index (κ1) is 15.5. The Hall–Kier alpha value is -2.44. The van der Waals surface area contributed by atoms with Crippen molar-refractivity contribution in [2.45, 2.75) is 0 Å². The standard InChI is InChI=1S/C17H11NO3S2/c19-15-14(23-17(22)18-15)10-11-6-8-13(9-7-11)21-16(20)12-4-2-1-3-5-12/h1-10H,(H,18,19,22)/b14-10-. The summed E-state index contributed by atoms with van der Waals surface area (Å²) in [5.41, 5.74) is 1.32. The second-order valence-corrected chi connectivity index (χ2v) is 6.40. The molecule has 1 heterocycles. The maximum absolute atomic E-state index is 12.0. The summed E-state index contributed by atoms with van der Waals surface area (Å²) in [5, 5.41) is 2.56. The van der Waals surface area contributed by atoms with Crippen molar-refractivity contribution in [3.8, 4) is 5.75 Å². The summed E-state index contributed by atoms with van der Waals surface area (Å²) < 4.78 is 5.75. The minimum absolute atomic E-state index is 0.195. The van der Waals surface area contributed by atoms with Gasteiger partial charge in [-0.2, -0.15) is 0 Å². The lowest BCUT2D eigenvalue weighted by molar-refractivity contribution is -0.115. The molecule has 3 rings (SSSR count). The van der Waals surface area contributed by atoms with Crippen molar-refractivity contribution in [1.82, 2.24) is 5.32 Å². The van der Waals surface area contributed by atoms with Gasteiger partial charge in [-0.3, -0.25) is 4.79 Å². The van der Waals surface area contributed by atoms with E-state index in [1.807, 2.05) is 6.07 Å². The van der Waals surface area contributed by atoms with E-state index in [9.17, 15) is 9.59 Å². The minimum atomic E-state index is -0.409. The molecule has 1 aliphatic rings. The molecule has 0 radical (unpaired) electrons. The third-order valence-electron chi connectivity index (χ3n) is 3.04. The van der Waals surface area contributed by atoms with Crippen LogP contribution in [0.15, 0.2) is 59.5 Å². The Morgan fingerprint density at radius 2 is 1.78 bits per heavy atom. The molecule has 1 N–H and O–H groups in total. The molecule has 1 fully saturated rings. The smallest absolute Gasteiger partial charge is 0.343 e. The van der Waals surface area contributed by atoms with Crippen LogP contribution in [0.25, 0.3) is 6.08 Å². The number of hydrogen-bond acceptors (Lipinski definition) is 5. The summed E-state index contributed by atoms with van der Waals surface area (Å²) in [4.78, 5) is 24.1. The van der Waals surface area contributed by atoms with Gasteiger partial charge in [0, 0.05) is 0 Å². The zero-order chi connectivity index (χ0) is 16.2. The first-order valence-corrected chi connectivity index (χ1v) is 7.96. The van der Waals surface area contributed by atoms with E-state index in [1.54, 1.807) is 54.6 Å². The third-order valence-corrected chi connectivity index (χ3v) is 4.20. The fraction of sp³-hybridized carbons (Fsp3) is 0. The average Bonchev–Trinajstić information content (AvgIpc) is 2.87. The molecule has 1 aliphatic heterocycles. The number of amides is 1. The van der Waals surface area contributed by atoms with Gasteiger partial charge in [0.1, 0.15) is 10.1 Å². The Morgan fingerprint density at radius 3 is 2.39 bits per heavy atom. The zero-order valence-electron chi connectivity index (χ0n) is 11.8. The number of benzene rings is 2. The molecule has 1 saturated heterocycles. The Labute approximate surface area is 142 Å². The molecule has 6 heteroatoms. The minimum Gasteiger partial charge on any atom is -0.423 e. The van der Waals surface area contributed by atoms with E-state index < -0.39 is 5.97 Å². The van der Waals surface area contributed by atoms with E-state index >= 15 is 0 Å². The van der Waals surface area contributed by atoms with Gasteiger partial charge in [0.15, 0.2) is 0 Å². The molecule has 0 saturated carbocycles. The van der Waals surface area contributed by atoms with Crippen LogP contribution in [0, 0.1) is 0 Å². The van der Waals surface area contributed by atoms with E-state index in [2.05, 4.69) is 5.32 Å². The van der Waals surface area contributed by atoms with Gasteiger partial charge >= 0.3 is 5.97 Å². The van der Waals surface area contributed by atoms with Crippen molar-refractivity contribution in [1.29, 1.82) is 0 Å². The lowest BCUT2D eigenvalue weighted by atomic mass is 10.2. The lowest BCUT2D eigenvalue weighted by Crippen LogP contribution is -2.17. The molecule has 0 bridgehead atoms. The second-order valence-electron chi connectivity index (χ2n) is 4.68. The molecular formula is C17H11NO3S2. The molecule has 23 heavy (non-hydrogen) atoms. The number of rotatable bonds is 3. The number of thioether (sulfide) groups is 1. The molecule has 4 nitrogen and oxygen atoms in total. The predicted octanol–water partition coefficient (Wildman–Crippen LogP) is 3.39. The Balaban J connectivity index is 1.70. The van der Waals surface area contributed by atoms with Crippen molar-refractivity contribution in [2.24, 2.45) is 0 Å². The molecule has 114 valence electrons. The van der Waals surface area contributed by atoms with Crippen molar-refractivity contribution in [2.75, 3.05) is 0 Å². The van der Waals surface area contributed by atoms with Gasteiger partial charge in [-0.25, -0.2) is 4.79 Å². The number of carbonyl (C=O) groups excluding carboxylic acids is 2. The van der Waals surface area contributed by atoms with Crippen LogP contribution in [0.5, 0.6) is 5.75 Å². The maximum Gasteiger partial charge on any atom is 0.343 e. The highest BCUT2D eigenvalue weighted by Crippen LogP contribution is 2.26. The highest BCUT2D eigenvalue weighted by atomic mass is 32.2. The quantitative estimate of drug-likeness (QED) is 0.401. The molecule has 0 aromatic heterocycles. The van der Waals surface area contributed by atoms with Crippen molar-refractivity contribution < 1.29 is 14.3 Å². The molecule has 2 aromatic rings. The third kappa shape index (κ3) is 3.85. The van der Waals surface area contributed by atoms with Gasteiger partial charge in [-0.15, -0.1) is 0 Å². The normalized spacial score (nSPS) is 15.6. The van der Waals surface area contributed by atoms with Gasteiger partial charge in [0.2, 0.25) is 0 Å². The van der Waals surface area contributed by atoms with Gasteiger partial charge in [0.05, 0.1) is 10.5 Å². The summed E-state index contributed by atoms with van der Waals surface area (Å²) in [5.74, 6) is -0.160. The summed E-state index contributed by atoms with van der Waals surface area (Å²) in [6, 6.07) is 15.7. The van der Waals surface area contributed by atoms with E-state index in [4.69, 9.17) is 17.0 Å². The number of esters is 1. The van der Waals surface area contributed by atoms with Gasteiger partial charge in [-0.1, -0.05) is 54.3 Å². The van der Waals surface area contributed by atoms with E-state index in [1.165, 1.54) is 11.8 Å². The zero-order valence-corrected chi connectivity index (χ0v) is 13.4. The van der Waals surface area contributed by atoms with E-state index in [0.717, 1.165) is 5.56 Å². The van der Waals surface area contributed by atoms with Gasteiger partial charge < -0.3 is 10.1 Å². The van der Waals surface area contributed by atoms with Crippen LogP contribution in [0.2, 0.25) is 0 Å². The number of nitrogens with one attached hydrogen (secondary N) is 1. The summed E-state index contributed by atoms with van der Waals surface area (Å²) >= 11 is 6.16. The molecule has 0 unspecified atom stereocenters. The van der Waals surface area contributed by atoms with Crippen molar-refractivity contribution in [3.63, 3.8) is 0 Å². The SMILES string of the molecule is O=C1NC(=S)S/C1=C\c1ccc(OC(=O)c2ccccc2)cc1. The molecule has 0 aliphatic carbocycles. The number of thiocarbonyl (C=S) groups is 1. The van der Waals surface area contributed by atoms with Gasteiger partial charge in [-0.05, 0) is 35.9 Å². The van der Waals surface area contributed by atoms with Crippen LogP contribution in [0.3, 0.4) is 0 Å². The first-order valence-electron chi connectivity index (χ1n) is 6.74. The Bertz CT molecular complexity index is 798. The van der Waals surface area contributed by atoms with Crippen molar-refractivity contribution in [3.05, 3.63) is 70.6 Å². The largest absolute Gasteiger partial charge is 0.423 e. The van der Waals surface area contributed by atoms with Crippen molar-refractivity contribution >= 4 is 46.3 Å². The lowest BCUT2D eigenvalue weighted by Gasteiger charge is -2.04. The highest BCUT2D eigenvalue weighted by molar-refractivity contribution is 8.26. The van der Waals surface area contributed by atoms with Crippen LogP contribution >= 0.6 is 24.0 Å². The highest BCUT2D eigenvalue weighted by Gasteiger charge is 2.21. The molecule has 1 amide bonds. The fourth-order valence-corrected chi connectivity index (χ4v) is 2.99. The Morgan fingerprint density at radius 1 is 1.09 bits per heavy atom. The van der Waals surface area contributed by atoms with Crippen LogP contribution < -0.4 is 10.1 Å². The summed E-state index contributed by atoms with van der Waals surface area (Å²) in [6.07, 6.45) is 1.74. The molecule has 0 spiro atoms. The second kappa shape index (κ2) is 6.76. The van der Waals surface area contributed by atoms with E-state index in [0.29, 0.717) is 20.5 Å². The summed E-state index contributed by atoms with van der Waals surface area (Å²) in [7, 11) is 0. The molecular weight excluding hydrogens is 330 g/mol. The predicted molar refractivity (Wildman–Crippen MR) is 94.2 cm³/mol. The monoisotopic (exact) mass is 341 g/mol. The average molecular weight is 341 g/mol. The number of carbonyl (C=O) groups is 2.